The highest BCUT2D eigenvalue weighted by atomic mass is 16.3. The van der Waals surface area contributed by atoms with Crippen molar-refractivity contribution in [1.82, 2.24) is 0 Å². The molecule has 0 bridgehead atoms. The largest absolute Gasteiger partial charge is 0.395 e. The maximum atomic E-state index is 9.75. The van der Waals surface area contributed by atoms with Crippen molar-refractivity contribution < 1.29 is 10.2 Å². The number of rotatable bonds is 4. The van der Waals surface area contributed by atoms with E-state index in [4.69, 9.17) is 10.8 Å². The lowest BCUT2D eigenvalue weighted by molar-refractivity contribution is 0.0900. The molecule has 0 heterocycles. The number of nitrogens with two attached hydrogens (primary N) is 1. The van der Waals surface area contributed by atoms with Gasteiger partial charge in [0.2, 0.25) is 0 Å². The lowest BCUT2D eigenvalue weighted by Gasteiger charge is -2.23. The van der Waals surface area contributed by atoms with Crippen LogP contribution in [0, 0.1) is 0 Å². The monoisotopic (exact) mass is 195 g/mol. The standard InChI is InChI=1S/C11H17NO2/c1-8(11(14)10(12)7-13)9-5-3-2-4-6-9/h2-6,8,10-11,13-14H,7,12H2,1H3. The van der Waals surface area contributed by atoms with Gasteiger partial charge in [-0.25, -0.2) is 0 Å². The zero-order chi connectivity index (χ0) is 10.6. The van der Waals surface area contributed by atoms with Crippen LogP contribution < -0.4 is 5.73 Å². The fourth-order valence-corrected chi connectivity index (χ4v) is 1.43. The molecular formula is C11H17NO2. The van der Waals surface area contributed by atoms with Crippen LogP contribution in [0.15, 0.2) is 30.3 Å². The molecule has 14 heavy (non-hydrogen) atoms. The van der Waals surface area contributed by atoms with Crippen LogP contribution in [0.3, 0.4) is 0 Å². The molecule has 0 fully saturated rings. The van der Waals surface area contributed by atoms with E-state index in [1.54, 1.807) is 0 Å². The summed E-state index contributed by atoms with van der Waals surface area (Å²) in [6.07, 6.45) is -0.706. The zero-order valence-corrected chi connectivity index (χ0v) is 8.30. The number of hydrogen-bond donors (Lipinski definition) is 3. The highest BCUT2D eigenvalue weighted by molar-refractivity contribution is 5.20. The summed E-state index contributed by atoms with van der Waals surface area (Å²) in [6.45, 7) is 1.70. The minimum atomic E-state index is -0.706. The first-order valence-corrected chi connectivity index (χ1v) is 4.76. The van der Waals surface area contributed by atoms with Gasteiger partial charge in [-0.2, -0.15) is 0 Å². The molecule has 0 aliphatic carbocycles. The summed E-state index contributed by atoms with van der Waals surface area (Å²) in [5.41, 5.74) is 6.59. The van der Waals surface area contributed by atoms with Crippen LogP contribution in [0.2, 0.25) is 0 Å². The average molecular weight is 195 g/mol. The quantitative estimate of drug-likeness (QED) is 0.654. The molecule has 3 unspecified atom stereocenters. The van der Waals surface area contributed by atoms with Gasteiger partial charge in [0.25, 0.3) is 0 Å². The maximum absolute atomic E-state index is 9.75. The summed E-state index contributed by atoms with van der Waals surface area (Å²) >= 11 is 0. The highest BCUT2D eigenvalue weighted by Crippen LogP contribution is 2.19. The third-order valence-corrected chi connectivity index (χ3v) is 2.49. The van der Waals surface area contributed by atoms with Crippen molar-refractivity contribution in [2.24, 2.45) is 5.73 Å². The summed E-state index contributed by atoms with van der Waals surface area (Å²) in [7, 11) is 0. The van der Waals surface area contributed by atoms with Gasteiger partial charge < -0.3 is 15.9 Å². The second kappa shape index (κ2) is 5.10. The summed E-state index contributed by atoms with van der Waals surface area (Å²) in [5.74, 6) is -0.0571. The number of aliphatic hydroxyl groups is 2. The molecule has 1 rings (SSSR count). The van der Waals surface area contributed by atoms with Crippen LogP contribution in [-0.4, -0.2) is 29.0 Å². The molecule has 0 amide bonds. The van der Waals surface area contributed by atoms with Gasteiger partial charge in [-0.3, -0.25) is 0 Å². The Balaban J connectivity index is 2.70. The van der Waals surface area contributed by atoms with Gasteiger partial charge in [-0.1, -0.05) is 37.3 Å². The van der Waals surface area contributed by atoms with Crippen molar-refractivity contribution in [2.45, 2.75) is 25.0 Å². The van der Waals surface area contributed by atoms with Crippen molar-refractivity contribution in [1.29, 1.82) is 0 Å². The molecule has 0 saturated carbocycles. The van der Waals surface area contributed by atoms with Crippen molar-refractivity contribution in [2.75, 3.05) is 6.61 Å². The Morgan fingerprint density at radius 1 is 1.29 bits per heavy atom. The predicted octanol–water partition coefficient (Wildman–Crippen LogP) is 0.471. The molecule has 3 nitrogen and oxygen atoms in total. The molecule has 0 saturated heterocycles. The van der Waals surface area contributed by atoms with Crippen molar-refractivity contribution in [3.8, 4) is 0 Å². The van der Waals surface area contributed by atoms with Crippen LogP contribution in [0.5, 0.6) is 0 Å². The summed E-state index contributed by atoms with van der Waals surface area (Å²) in [4.78, 5) is 0. The molecule has 3 heteroatoms. The molecule has 1 aromatic carbocycles. The lowest BCUT2D eigenvalue weighted by atomic mass is 9.91. The SMILES string of the molecule is CC(c1ccccc1)C(O)C(N)CO. The highest BCUT2D eigenvalue weighted by Gasteiger charge is 2.21. The van der Waals surface area contributed by atoms with Crippen LogP contribution in [-0.2, 0) is 0 Å². The molecule has 3 atom stereocenters. The molecule has 0 spiro atoms. The molecule has 4 N–H and O–H groups in total. The first kappa shape index (κ1) is 11.2. The van der Waals surface area contributed by atoms with E-state index in [9.17, 15) is 5.11 Å². The van der Waals surface area contributed by atoms with E-state index in [-0.39, 0.29) is 12.5 Å². The fraction of sp³-hybridized carbons (Fsp3) is 0.455. The van der Waals surface area contributed by atoms with E-state index in [2.05, 4.69) is 0 Å². The van der Waals surface area contributed by atoms with Crippen molar-refractivity contribution in [3.63, 3.8) is 0 Å². The first-order chi connectivity index (χ1) is 6.66. The first-order valence-electron chi connectivity index (χ1n) is 4.76. The maximum Gasteiger partial charge on any atom is 0.0779 e. The van der Waals surface area contributed by atoms with Gasteiger partial charge in [0.15, 0.2) is 0 Å². The van der Waals surface area contributed by atoms with Crippen LogP contribution in [0.25, 0.3) is 0 Å². The minimum absolute atomic E-state index is 0.0571. The Morgan fingerprint density at radius 2 is 1.86 bits per heavy atom. The Labute approximate surface area is 84.2 Å². The Morgan fingerprint density at radius 3 is 2.36 bits per heavy atom. The van der Waals surface area contributed by atoms with Gasteiger partial charge in [-0.15, -0.1) is 0 Å². The Bertz CT molecular complexity index is 263. The van der Waals surface area contributed by atoms with Crippen LogP contribution in [0.4, 0.5) is 0 Å². The van der Waals surface area contributed by atoms with Crippen molar-refractivity contribution >= 4 is 0 Å². The number of benzene rings is 1. The zero-order valence-electron chi connectivity index (χ0n) is 8.30. The average Bonchev–Trinajstić information content (AvgIpc) is 2.27. The van der Waals surface area contributed by atoms with Gasteiger partial charge in [0, 0.05) is 5.92 Å². The number of hydrogen-bond acceptors (Lipinski definition) is 3. The van der Waals surface area contributed by atoms with Gasteiger partial charge in [-0.05, 0) is 5.56 Å². The van der Waals surface area contributed by atoms with E-state index in [1.165, 1.54) is 0 Å². The van der Waals surface area contributed by atoms with Crippen molar-refractivity contribution in [3.05, 3.63) is 35.9 Å². The van der Waals surface area contributed by atoms with Gasteiger partial charge in [0.1, 0.15) is 0 Å². The number of aliphatic hydroxyl groups excluding tert-OH is 2. The normalized spacial score (nSPS) is 17.4. The fourth-order valence-electron chi connectivity index (χ4n) is 1.43. The lowest BCUT2D eigenvalue weighted by Crippen LogP contribution is -2.40. The van der Waals surface area contributed by atoms with Crippen LogP contribution in [0.1, 0.15) is 18.4 Å². The topological polar surface area (TPSA) is 66.5 Å². The molecule has 1 aromatic rings. The van der Waals surface area contributed by atoms with E-state index in [1.807, 2.05) is 37.3 Å². The summed E-state index contributed by atoms with van der Waals surface area (Å²) in [6, 6.07) is 9.07. The van der Waals surface area contributed by atoms with E-state index in [0.717, 1.165) is 5.56 Å². The van der Waals surface area contributed by atoms with Crippen LogP contribution >= 0.6 is 0 Å². The predicted molar refractivity (Wildman–Crippen MR) is 55.9 cm³/mol. The Hall–Kier alpha value is -0.900. The molecular weight excluding hydrogens is 178 g/mol. The smallest absolute Gasteiger partial charge is 0.0779 e. The Kier molecular flexibility index (Phi) is 4.07. The van der Waals surface area contributed by atoms with E-state index < -0.39 is 12.1 Å². The van der Waals surface area contributed by atoms with Gasteiger partial charge >= 0.3 is 0 Å². The molecule has 0 radical (unpaired) electrons. The summed E-state index contributed by atoms with van der Waals surface area (Å²) in [5, 5.41) is 18.6. The van der Waals surface area contributed by atoms with E-state index >= 15 is 0 Å². The molecule has 0 aliphatic rings. The third-order valence-electron chi connectivity index (χ3n) is 2.49. The molecule has 0 aliphatic heterocycles. The molecule has 78 valence electrons. The van der Waals surface area contributed by atoms with Gasteiger partial charge in [0.05, 0.1) is 18.8 Å². The molecule has 0 aromatic heterocycles. The minimum Gasteiger partial charge on any atom is -0.395 e. The second-order valence-electron chi connectivity index (χ2n) is 3.54. The van der Waals surface area contributed by atoms with E-state index in [0.29, 0.717) is 0 Å². The third kappa shape index (κ3) is 2.54. The summed E-state index contributed by atoms with van der Waals surface area (Å²) < 4.78 is 0. The second-order valence-corrected chi connectivity index (χ2v) is 3.54.